The molecule has 0 amide bonds. The molecule has 4 heteroatoms. The van der Waals surface area contributed by atoms with E-state index in [2.05, 4.69) is 11.7 Å². The predicted octanol–water partition coefficient (Wildman–Crippen LogP) is 2.93. The number of rotatable bonds is 3. The Kier molecular flexibility index (Phi) is 4.07. The molecule has 1 heterocycles. The lowest BCUT2D eigenvalue weighted by atomic mass is 9.80. The minimum Gasteiger partial charge on any atom is -0.463 e. The second-order valence-electron chi connectivity index (χ2n) is 5.16. The third-order valence-corrected chi connectivity index (χ3v) is 3.81. The minimum absolute atomic E-state index is 0.149. The van der Waals surface area contributed by atoms with Crippen LogP contribution in [-0.2, 0) is 4.74 Å². The molecule has 0 spiro atoms. The Hall–Kier alpha value is -1.29. The molecule has 1 aliphatic rings. The summed E-state index contributed by atoms with van der Waals surface area (Å²) in [5, 5.41) is 10.3. The third-order valence-electron chi connectivity index (χ3n) is 3.81. The van der Waals surface area contributed by atoms with Gasteiger partial charge in [0.05, 0.1) is 7.11 Å². The molecule has 0 aliphatic heterocycles. The summed E-state index contributed by atoms with van der Waals surface area (Å²) in [6.07, 6.45) is 3.70. The van der Waals surface area contributed by atoms with Gasteiger partial charge in [-0.25, -0.2) is 4.79 Å². The van der Waals surface area contributed by atoms with Gasteiger partial charge in [-0.05, 0) is 36.8 Å². The average molecular weight is 252 g/mol. The van der Waals surface area contributed by atoms with Crippen LogP contribution in [-0.4, -0.2) is 18.2 Å². The molecule has 100 valence electrons. The fourth-order valence-electron chi connectivity index (χ4n) is 2.56. The summed E-state index contributed by atoms with van der Waals surface area (Å²) in [5.74, 6) is 1.09. The first-order chi connectivity index (χ1) is 8.61. The molecule has 0 radical (unpaired) electrons. The summed E-state index contributed by atoms with van der Waals surface area (Å²) in [7, 11) is 1.31. The smallest absolute Gasteiger partial charge is 0.373 e. The highest BCUT2D eigenvalue weighted by Gasteiger charge is 2.28. The average Bonchev–Trinajstić information content (AvgIpc) is 2.87. The van der Waals surface area contributed by atoms with Gasteiger partial charge in [-0.1, -0.05) is 19.8 Å². The number of hydrogen-bond acceptors (Lipinski definition) is 4. The van der Waals surface area contributed by atoms with Crippen molar-refractivity contribution >= 4 is 5.97 Å². The summed E-state index contributed by atoms with van der Waals surface area (Å²) < 4.78 is 9.93. The van der Waals surface area contributed by atoms with Crippen molar-refractivity contribution in [1.82, 2.24) is 0 Å². The zero-order valence-corrected chi connectivity index (χ0v) is 10.9. The zero-order valence-electron chi connectivity index (χ0n) is 10.9. The van der Waals surface area contributed by atoms with E-state index in [1.807, 2.05) is 0 Å². The Morgan fingerprint density at radius 3 is 2.67 bits per heavy atom. The normalized spacial score (nSPS) is 25.7. The molecule has 4 nitrogen and oxygen atoms in total. The van der Waals surface area contributed by atoms with E-state index in [0.717, 1.165) is 31.6 Å². The second-order valence-corrected chi connectivity index (χ2v) is 5.16. The summed E-state index contributed by atoms with van der Waals surface area (Å²) in [6.45, 7) is 2.24. The first kappa shape index (κ1) is 13.1. The van der Waals surface area contributed by atoms with Crippen LogP contribution in [0.1, 0.15) is 55.0 Å². The van der Waals surface area contributed by atoms with Crippen LogP contribution in [0.3, 0.4) is 0 Å². The van der Waals surface area contributed by atoms with Crippen molar-refractivity contribution in [3.63, 3.8) is 0 Å². The number of carbonyl (C=O) groups excluding carboxylic acids is 1. The van der Waals surface area contributed by atoms with Gasteiger partial charge in [0.25, 0.3) is 0 Å². The lowest BCUT2D eigenvalue weighted by Crippen LogP contribution is -2.19. The molecule has 0 bridgehead atoms. The lowest BCUT2D eigenvalue weighted by Gasteiger charge is -2.28. The molecule has 0 saturated heterocycles. The molecule has 1 aromatic heterocycles. The van der Waals surface area contributed by atoms with Gasteiger partial charge >= 0.3 is 5.97 Å². The molecule has 0 aromatic carbocycles. The monoisotopic (exact) mass is 252 g/mol. The Morgan fingerprint density at radius 2 is 2.06 bits per heavy atom. The maximum Gasteiger partial charge on any atom is 0.373 e. The number of hydrogen-bond donors (Lipinski definition) is 1. The van der Waals surface area contributed by atoms with Crippen LogP contribution in [0.15, 0.2) is 16.5 Å². The van der Waals surface area contributed by atoms with Gasteiger partial charge in [-0.2, -0.15) is 0 Å². The van der Waals surface area contributed by atoms with Crippen molar-refractivity contribution in [2.75, 3.05) is 7.11 Å². The van der Waals surface area contributed by atoms with Crippen molar-refractivity contribution in [3.8, 4) is 0 Å². The maximum absolute atomic E-state index is 11.3. The quantitative estimate of drug-likeness (QED) is 0.840. The van der Waals surface area contributed by atoms with Gasteiger partial charge < -0.3 is 14.3 Å². The number of ether oxygens (including phenoxy) is 1. The van der Waals surface area contributed by atoms with E-state index in [0.29, 0.717) is 5.76 Å². The zero-order chi connectivity index (χ0) is 13.1. The highest BCUT2D eigenvalue weighted by atomic mass is 16.5. The topological polar surface area (TPSA) is 59.7 Å². The highest BCUT2D eigenvalue weighted by Crippen LogP contribution is 2.37. The minimum atomic E-state index is -0.615. The molecule has 1 fully saturated rings. The molecule has 1 unspecified atom stereocenters. The van der Waals surface area contributed by atoms with Gasteiger partial charge in [0.1, 0.15) is 11.9 Å². The summed E-state index contributed by atoms with van der Waals surface area (Å²) >= 11 is 0. The predicted molar refractivity (Wildman–Crippen MR) is 66.1 cm³/mol. The molecule has 1 atom stereocenters. The van der Waals surface area contributed by atoms with Gasteiger partial charge in [-0.3, -0.25) is 0 Å². The molecular formula is C14H20O4. The van der Waals surface area contributed by atoms with E-state index in [1.54, 1.807) is 12.1 Å². The van der Waals surface area contributed by atoms with E-state index in [9.17, 15) is 9.90 Å². The number of esters is 1. The molecule has 1 aliphatic carbocycles. The van der Waals surface area contributed by atoms with E-state index in [4.69, 9.17) is 4.42 Å². The Morgan fingerprint density at radius 1 is 1.39 bits per heavy atom. The van der Waals surface area contributed by atoms with Crippen LogP contribution in [0.4, 0.5) is 0 Å². The van der Waals surface area contributed by atoms with Crippen molar-refractivity contribution in [1.29, 1.82) is 0 Å². The standard InChI is InChI=1S/C14H20O4/c1-9-3-5-10(6-4-9)13(15)11-7-8-12(18-11)14(16)17-2/h7-10,13,15H,3-6H2,1-2H3. The molecule has 18 heavy (non-hydrogen) atoms. The number of furan rings is 1. The highest BCUT2D eigenvalue weighted by molar-refractivity contribution is 5.86. The van der Waals surface area contributed by atoms with Crippen molar-refractivity contribution in [2.45, 2.75) is 38.7 Å². The van der Waals surface area contributed by atoms with Crippen LogP contribution in [0.5, 0.6) is 0 Å². The van der Waals surface area contributed by atoms with Crippen molar-refractivity contribution in [2.24, 2.45) is 11.8 Å². The van der Waals surface area contributed by atoms with E-state index in [1.165, 1.54) is 7.11 Å². The molecule has 1 N–H and O–H groups in total. The van der Waals surface area contributed by atoms with Gasteiger partial charge in [0, 0.05) is 0 Å². The Balaban J connectivity index is 2.02. The van der Waals surface area contributed by atoms with Gasteiger partial charge in [0.15, 0.2) is 0 Å². The molecule has 2 rings (SSSR count). The van der Waals surface area contributed by atoms with E-state index in [-0.39, 0.29) is 11.7 Å². The van der Waals surface area contributed by atoms with E-state index < -0.39 is 12.1 Å². The number of methoxy groups -OCH3 is 1. The van der Waals surface area contributed by atoms with Crippen LogP contribution in [0.2, 0.25) is 0 Å². The first-order valence-electron chi connectivity index (χ1n) is 6.48. The van der Waals surface area contributed by atoms with E-state index >= 15 is 0 Å². The number of aliphatic hydroxyl groups is 1. The van der Waals surface area contributed by atoms with Crippen LogP contribution >= 0.6 is 0 Å². The van der Waals surface area contributed by atoms with Crippen LogP contribution in [0.25, 0.3) is 0 Å². The largest absolute Gasteiger partial charge is 0.463 e. The fraction of sp³-hybridized carbons (Fsp3) is 0.643. The van der Waals surface area contributed by atoms with Crippen LogP contribution in [0, 0.1) is 11.8 Å². The summed E-state index contributed by atoms with van der Waals surface area (Å²) in [6, 6.07) is 3.21. The van der Waals surface area contributed by atoms with Crippen molar-refractivity contribution in [3.05, 3.63) is 23.7 Å². The Bertz CT molecular complexity index is 402. The fourth-order valence-corrected chi connectivity index (χ4v) is 2.56. The lowest BCUT2D eigenvalue weighted by molar-refractivity contribution is 0.0479. The van der Waals surface area contributed by atoms with Crippen LogP contribution < -0.4 is 0 Å². The second kappa shape index (κ2) is 5.57. The SMILES string of the molecule is COC(=O)c1ccc(C(O)C2CCC(C)CC2)o1. The number of carbonyl (C=O) groups is 1. The molecule has 1 aromatic rings. The van der Waals surface area contributed by atoms with Crippen molar-refractivity contribution < 1.29 is 19.1 Å². The molecule has 1 saturated carbocycles. The van der Waals surface area contributed by atoms with Gasteiger partial charge in [-0.15, -0.1) is 0 Å². The van der Waals surface area contributed by atoms with Gasteiger partial charge in [0.2, 0.25) is 5.76 Å². The summed E-state index contributed by atoms with van der Waals surface area (Å²) in [5.41, 5.74) is 0. The first-order valence-corrected chi connectivity index (χ1v) is 6.48. The summed E-state index contributed by atoms with van der Waals surface area (Å²) in [4.78, 5) is 11.3. The number of aliphatic hydroxyl groups excluding tert-OH is 1. The molecular weight excluding hydrogens is 232 g/mol. The third kappa shape index (κ3) is 2.75. The maximum atomic E-state index is 11.3. The Labute approximate surface area is 107 Å².